The fraction of sp³-hybridized carbons (Fsp3) is 0.154. The molecule has 7 heteroatoms. The molecule has 0 saturated carbocycles. The molecule has 33 heavy (non-hydrogen) atoms. The van der Waals surface area contributed by atoms with Crippen LogP contribution in [0.5, 0.6) is 0 Å². The van der Waals surface area contributed by atoms with Crippen LogP contribution in [-0.4, -0.2) is 4.92 Å². The second-order valence-electron chi connectivity index (χ2n) is 7.94. The molecule has 0 aromatic heterocycles. The number of fused-ring (bicyclic) bond motifs is 1. The zero-order valence-electron chi connectivity index (χ0n) is 18.9. The van der Waals surface area contributed by atoms with Gasteiger partial charge in [0.15, 0.2) is 0 Å². The van der Waals surface area contributed by atoms with E-state index >= 15 is 0 Å². The van der Waals surface area contributed by atoms with E-state index in [2.05, 4.69) is 32.6 Å². The van der Waals surface area contributed by atoms with Gasteiger partial charge in [-0.05, 0) is 97.1 Å². The monoisotopic (exact) mass is 437 g/mol. The molecule has 0 aliphatic rings. The molecule has 0 aliphatic carbocycles. The molecule has 0 aliphatic heterocycles. The average molecular weight is 438 g/mol. The van der Waals surface area contributed by atoms with Crippen molar-refractivity contribution in [2.75, 3.05) is 0 Å². The van der Waals surface area contributed by atoms with Gasteiger partial charge in [-0.1, -0.05) is 18.2 Å². The third-order valence-corrected chi connectivity index (χ3v) is 5.59. The summed E-state index contributed by atoms with van der Waals surface area (Å²) in [7, 11) is 0. The van der Waals surface area contributed by atoms with E-state index < -0.39 is 4.92 Å². The maximum absolute atomic E-state index is 10.9. The summed E-state index contributed by atoms with van der Waals surface area (Å²) >= 11 is 0. The van der Waals surface area contributed by atoms with Crippen LogP contribution in [0.15, 0.2) is 87.2 Å². The summed E-state index contributed by atoms with van der Waals surface area (Å²) < 4.78 is 0. The zero-order chi connectivity index (χ0) is 23.5. The lowest BCUT2D eigenvalue weighted by molar-refractivity contribution is -0.384. The van der Waals surface area contributed by atoms with Gasteiger partial charge in [0.05, 0.1) is 27.7 Å². The summed E-state index contributed by atoms with van der Waals surface area (Å²) in [6, 6.07) is 19.9. The van der Waals surface area contributed by atoms with E-state index in [1.807, 2.05) is 58.0 Å². The Morgan fingerprint density at radius 1 is 0.667 bits per heavy atom. The summed E-state index contributed by atoms with van der Waals surface area (Å²) in [5.41, 5.74) is 7.10. The van der Waals surface area contributed by atoms with E-state index in [1.54, 1.807) is 12.1 Å². The fourth-order valence-electron chi connectivity index (χ4n) is 3.99. The van der Waals surface area contributed by atoms with E-state index in [-0.39, 0.29) is 5.69 Å². The molecule has 4 aromatic rings. The van der Waals surface area contributed by atoms with Gasteiger partial charge in [0, 0.05) is 12.1 Å². The minimum absolute atomic E-state index is 0.0233. The SMILES string of the molecule is Cc1cc2cc(C)c(N=Nc3ccc([N+](=O)[O-])cc3)c(C)c2c(C)c1N=Nc1ccccc1. The lowest BCUT2D eigenvalue weighted by Crippen LogP contribution is -1.90. The first-order valence-corrected chi connectivity index (χ1v) is 10.5. The fourth-order valence-corrected chi connectivity index (χ4v) is 3.99. The van der Waals surface area contributed by atoms with Crippen molar-refractivity contribution in [2.45, 2.75) is 27.7 Å². The van der Waals surface area contributed by atoms with Crippen LogP contribution >= 0.6 is 0 Å². The minimum Gasteiger partial charge on any atom is -0.258 e. The Hall–Kier alpha value is -4.26. The number of aryl methyl sites for hydroxylation is 4. The number of nitrogens with zero attached hydrogens (tertiary/aromatic N) is 5. The number of azo groups is 2. The summed E-state index contributed by atoms with van der Waals surface area (Å²) in [5, 5.41) is 30.8. The van der Waals surface area contributed by atoms with Crippen molar-refractivity contribution >= 4 is 39.2 Å². The van der Waals surface area contributed by atoms with Crippen molar-refractivity contribution in [3.8, 4) is 0 Å². The number of nitro benzene ring substituents is 1. The zero-order valence-corrected chi connectivity index (χ0v) is 18.9. The van der Waals surface area contributed by atoms with Crippen LogP contribution in [-0.2, 0) is 0 Å². The van der Waals surface area contributed by atoms with Gasteiger partial charge in [0.25, 0.3) is 5.69 Å². The van der Waals surface area contributed by atoms with Crippen LogP contribution in [0.25, 0.3) is 10.8 Å². The second kappa shape index (κ2) is 9.08. The Bertz CT molecular complexity index is 1410. The molecule has 7 nitrogen and oxygen atoms in total. The number of rotatable bonds is 5. The number of benzene rings is 4. The lowest BCUT2D eigenvalue weighted by atomic mass is 9.93. The molecule has 0 spiro atoms. The standard InChI is InChI=1S/C26H23N5O2/c1-16-14-20-15-17(2)26(30-28-22-10-12-23(13-11-22)31(32)33)19(4)24(20)18(3)25(16)29-27-21-8-6-5-7-9-21/h5-15H,1-4H3. The largest absolute Gasteiger partial charge is 0.269 e. The number of non-ortho nitro benzene ring substituents is 1. The first-order valence-electron chi connectivity index (χ1n) is 10.5. The van der Waals surface area contributed by atoms with Crippen LogP contribution in [0.4, 0.5) is 28.4 Å². The van der Waals surface area contributed by atoms with Gasteiger partial charge in [-0.2, -0.15) is 10.2 Å². The Balaban J connectivity index is 1.77. The van der Waals surface area contributed by atoms with Gasteiger partial charge >= 0.3 is 0 Å². The van der Waals surface area contributed by atoms with Crippen LogP contribution in [0.2, 0.25) is 0 Å². The van der Waals surface area contributed by atoms with E-state index in [0.717, 1.165) is 50.1 Å². The van der Waals surface area contributed by atoms with E-state index in [1.165, 1.54) is 12.1 Å². The molecule has 0 N–H and O–H groups in total. The van der Waals surface area contributed by atoms with E-state index in [9.17, 15) is 10.1 Å². The predicted molar refractivity (Wildman–Crippen MR) is 131 cm³/mol. The smallest absolute Gasteiger partial charge is 0.258 e. The second-order valence-corrected chi connectivity index (χ2v) is 7.94. The van der Waals surface area contributed by atoms with Gasteiger partial charge in [0.1, 0.15) is 0 Å². The Labute approximate surface area is 191 Å². The third kappa shape index (κ3) is 4.52. The van der Waals surface area contributed by atoms with Gasteiger partial charge in [-0.15, -0.1) is 10.2 Å². The lowest BCUT2D eigenvalue weighted by Gasteiger charge is -2.14. The van der Waals surface area contributed by atoms with E-state index in [4.69, 9.17) is 0 Å². The van der Waals surface area contributed by atoms with Crippen LogP contribution < -0.4 is 0 Å². The van der Waals surface area contributed by atoms with Crippen LogP contribution in [0.1, 0.15) is 22.3 Å². The summed E-state index contributed by atoms with van der Waals surface area (Å²) in [6.07, 6.45) is 0. The molecule has 0 amide bonds. The summed E-state index contributed by atoms with van der Waals surface area (Å²) in [6.45, 7) is 8.12. The molecule has 4 rings (SSSR count). The quantitative estimate of drug-likeness (QED) is 0.177. The maximum Gasteiger partial charge on any atom is 0.269 e. The number of hydrogen-bond acceptors (Lipinski definition) is 6. The first-order chi connectivity index (χ1) is 15.8. The molecule has 164 valence electrons. The summed E-state index contributed by atoms with van der Waals surface area (Å²) in [5.74, 6) is 0. The van der Waals surface area contributed by atoms with Crippen molar-refractivity contribution in [3.63, 3.8) is 0 Å². The molecule has 4 aromatic carbocycles. The molecule has 0 saturated heterocycles. The van der Waals surface area contributed by atoms with Gasteiger partial charge < -0.3 is 0 Å². The highest BCUT2D eigenvalue weighted by atomic mass is 16.6. The highest BCUT2D eigenvalue weighted by molar-refractivity contribution is 5.96. The molecular weight excluding hydrogens is 414 g/mol. The highest BCUT2D eigenvalue weighted by Crippen LogP contribution is 2.39. The minimum atomic E-state index is -0.434. The summed E-state index contributed by atoms with van der Waals surface area (Å²) in [4.78, 5) is 10.4. The van der Waals surface area contributed by atoms with Crippen molar-refractivity contribution < 1.29 is 4.92 Å². The third-order valence-electron chi connectivity index (χ3n) is 5.59. The van der Waals surface area contributed by atoms with Crippen LogP contribution in [0, 0.1) is 37.8 Å². The Morgan fingerprint density at radius 2 is 1.15 bits per heavy atom. The number of nitro groups is 1. The average Bonchev–Trinajstić information content (AvgIpc) is 2.79. The van der Waals surface area contributed by atoms with Crippen molar-refractivity contribution in [2.24, 2.45) is 20.5 Å². The Kier molecular flexibility index (Phi) is 6.04. The normalized spacial score (nSPS) is 11.6. The predicted octanol–water partition coefficient (Wildman–Crippen LogP) is 8.81. The van der Waals surface area contributed by atoms with Crippen molar-refractivity contribution in [1.82, 2.24) is 0 Å². The van der Waals surface area contributed by atoms with E-state index in [0.29, 0.717) is 5.69 Å². The first kappa shape index (κ1) is 22.0. The molecule has 0 heterocycles. The van der Waals surface area contributed by atoms with Crippen molar-refractivity contribution in [1.29, 1.82) is 0 Å². The maximum atomic E-state index is 10.9. The van der Waals surface area contributed by atoms with Gasteiger partial charge in [-0.25, -0.2) is 0 Å². The number of hydrogen-bond donors (Lipinski definition) is 0. The van der Waals surface area contributed by atoms with Gasteiger partial charge in [-0.3, -0.25) is 10.1 Å². The molecule has 0 bridgehead atoms. The highest BCUT2D eigenvalue weighted by Gasteiger charge is 2.14. The molecule has 0 atom stereocenters. The molecule has 0 fully saturated rings. The molecular formula is C26H23N5O2. The topological polar surface area (TPSA) is 92.6 Å². The van der Waals surface area contributed by atoms with Gasteiger partial charge in [0.2, 0.25) is 0 Å². The molecule has 0 unspecified atom stereocenters. The van der Waals surface area contributed by atoms with Crippen LogP contribution in [0.3, 0.4) is 0 Å². The molecule has 0 radical (unpaired) electrons. The Morgan fingerprint density at radius 3 is 1.64 bits per heavy atom. The van der Waals surface area contributed by atoms with Crippen molar-refractivity contribution in [3.05, 3.63) is 99.1 Å².